The van der Waals surface area contributed by atoms with Crippen molar-refractivity contribution in [3.8, 4) is 0 Å². The molecule has 0 aliphatic heterocycles. The Bertz CT molecular complexity index is 103. The van der Waals surface area contributed by atoms with Gasteiger partial charge in [-0.05, 0) is 18.4 Å². The minimum Gasteiger partial charge on any atom is -0.501 e. The smallest absolute Gasteiger partial charge is 0.0918 e. The SMILES string of the molecule is CC/C=C(/CC(C)C)OC. The molecule has 0 aliphatic carbocycles. The van der Waals surface area contributed by atoms with E-state index in [2.05, 4.69) is 26.8 Å². The van der Waals surface area contributed by atoms with Gasteiger partial charge < -0.3 is 4.74 Å². The molecule has 0 aliphatic rings. The van der Waals surface area contributed by atoms with E-state index in [4.69, 9.17) is 4.74 Å². The van der Waals surface area contributed by atoms with Gasteiger partial charge in [-0.2, -0.15) is 0 Å². The summed E-state index contributed by atoms with van der Waals surface area (Å²) in [7, 11) is 1.74. The highest BCUT2D eigenvalue weighted by atomic mass is 16.5. The molecule has 0 spiro atoms. The van der Waals surface area contributed by atoms with Crippen LogP contribution in [0.15, 0.2) is 11.8 Å². The third kappa shape index (κ3) is 4.42. The van der Waals surface area contributed by atoms with Crippen LogP contribution in [0.3, 0.4) is 0 Å². The van der Waals surface area contributed by atoms with E-state index >= 15 is 0 Å². The van der Waals surface area contributed by atoms with Crippen LogP contribution >= 0.6 is 0 Å². The van der Waals surface area contributed by atoms with Gasteiger partial charge in [0.2, 0.25) is 0 Å². The fraction of sp³-hybridized carbons (Fsp3) is 0.778. The molecule has 0 heterocycles. The second-order valence-electron chi connectivity index (χ2n) is 2.88. The summed E-state index contributed by atoms with van der Waals surface area (Å²) in [4.78, 5) is 0. The molecule has 1 heteroatoms. The lowest BCUT2D eigenvalue weighted by atomic mass is 10.1. The molecule has 0 aromatic rings. The maximum atomic E-state index is 5.16. The van der Waals surface area contributed by atoms with Gasteiger partial charge in [0.1, 0.15) is 0 Å². The topological polar surface area (TPSA) is 9.23 Å². The number of allylic oxidation sites excluding steroid dienone is 2. The number of hydrogen-bond donors (Lipinski definition) is 0. The van der Waals surface area contributed by atoms with Crippen molar-refractivity contribution in [2.75, 3.05) is 7.11 Å². The Balaban J connectivity index is 3.71. The first-order valence-corrected chi connectivity index (χ1v) is 3.93. The summed E-state index contributed by atoms with van der Waals surface area (Å²) in [5.74, 6) is 1.82. The number of hydrogen-bond acceptors (Lipinski definition) is 1. The maximum Gasteiger partial charge on any atom is 0.0918 e. The lowest BCUT2D eigenvalue weighted by Crippen LogP contribution is -1.93. The Labute approximate surface area is 64.1 Å². The second kappa shape index (κ2) is 5.33. The molecule has 0 rings (SSSR count). The summed E-state index contributed by atoms with van der Waals surface area (Å²) in [6, 6.07) is 0. The van der Waals surface area contributed by atoms with Crippen LogP contribution in [0.25, 0.3) is 0 Å². The molecule has 1 nitrogen and oxygen atoms in total. The molecule has 0 fully saturated rings. The molecule has 0 saturated heterocycles. The van der Waals surface area contributed by atoms with Gasteiger partial charge in [-0.1, -0.05) is 20.8 Å². The van der Waals surface area contributed by atoms with Crippen LogP contribution in [-0.4, -0.2) is 7.11 Å². The van der Waals surface area contributed by atoms with Crippen LogP contribution in [-0.2, 0) is 4.74 Å². The standard InChI is InChI=1S/C9H18O/c1-5-6-9(10-4)7-8(2)3/h6,8H,5,7H2,1-4H3/b9-6-. The first-order valence-electron chi connectivity index (χ1n) is 3.93. The van der Waals surface area contributed by atoms with Crippen LogP contribution in [0, 0.1) is 5.92 Å². The van der Waals surface area contributed by atoms with Crippen molar-refractivity contribution in [1.29, 1.82) is 0 Å². The molecule has 0 radical (unpaired) electrons. The van der Waals surface area contributed by atoms with Gasteiger partial charge in [0.05, 0.1) is 12.9 Å². The van der Waals surface area contributed by atoms with Crippen molar-refractivity contribution >= 4 is 0 Å². The molecule has 0 aromatic heterocycles. The van der Waals surface area contributed by atoms with E-state index in [1.807, 2.05) is 0 Å². The fourth-order valence-corrected chi connectivity index (χ4v) is 0.880. The van der Waals surface area contributed by atoms with Gasteiger partial charge in [-0.3, -0.25) is 0 Å². The Morgan fingerprint density at radius 2 is 2.10 bits per heavy atom. The first-order chi connectivity index (χ1) is 4.70. The zero-order valence-corrected chi connectivity index (χ0v) is 7.48. The van der Waals surface area contributed by atoms with E-state index in [0.717, 1.165) is 18.6 Å². The number of rotatable bonds is 4. The normalized spacial score (nSPS) is 12.3. The van der Waals surface area contributed by atoms with Gasteiger partial charge in [0, 0.05) is 6.42 Å². The minimum atomic E-state index is 0.692. The van der Waals surface area contributed by atoms with Gasteiger partial charge in [0.15, 0.2) is 0 Å². The molecule has 0 atom stereocenters. The van der Waals surface area contributed by atoms with Gasteiger partial charge >= 0.3 is 0 Å². The predicted molar refractivity (Wildman–Crippen MR) is 44.8 cm³/mol. The fourth-order valence-electron chi connectivity index (χ4n) is 0.880. The van der Waals surface area contributed by atoms with Gasteiger partial charge in [-0.15, -0.1) is 0 Å². The van der Waals surface area contributed by atoms with Crippen LogP contribution in [0.2, 0.25) is 0 Å². The highest BCUT2D eigenvalue weighted by Gasteiger charge is 1.98. The van der Waals surface area contributed by atoms with Crippen LogP contribution in [0.5, 0.6) is 0 Å². The van der Waals surface area contributed by atoms with Crippen molar-refractivity contribution in [1.82, 2.24) is 0 Å². The Morgan fingerprint density at radius 1 is 1.50 bits per heavy atom. The molecular weight excluding hydrogens is 124 g/mol. The van der Waals surface area contributed by atoms with Crippen molar-refractivity contribution < 1.29 is 4.74 Å². The van der Waals surface area contributed by atoms with E-state index in [1.165, 1.54) is 0 Å². The number of methoxy groups -OCH3 is 1. The lowest BCUT2D eigenvalue weighted by molar-refractivity contribution is 0.264. The summed E-state index contributed by atoms with van der Waals surface area (Å²) >= 11 is 0. The average Bonchev–Trinajstić information content (AvgIpc) is 1.86. The van der Waals surface area contributed by atoms with E-state index in [1.54, 1.807) is 7.11 Å². The Morgan fingerprint density at radius 3 is 2.40 bits per heavy atom. The van der Waals surface area contributed by atoms with Crippen molar-refractivity contribution in [2.45, 2.75) is 33.6 Å². The molecule has 0 unspecified atom stereocenters. The summed E-state index contributed by atoms with van der Waals surface area (Å²) in [5.41, 5.74) is 0. The van der Waals surface area contributed by atoms with Crippen LogP contribution in [0.1, 0.15) is 33.6 Å². The second-order valence-corrected chi connectivity index (χ2v) is 2.88. The third-order valence-corrected chi connectivity index (χ3v) is 1.30. The first kappa shape index (κ1) is 9.54. The highest BCUT2D eigenvalue weighted by Crippen LogP contribution is 2.11. The molecule has 0 aromatic carbocycles. The van der Waals surface area contributed by atoms with Crippen molar-refractivity contribution in [3.05, 3.63) is 11.8 Å². The molecule has 60 valence electrons. The molecule has 0 N–H and O–H groups in total. The lowest BCUT2D eigenvalue weighted by Gasteiger charge is -2.07. The van der Waals surface area contributed by atoms with Crippen LogP contribution in [0.4, 0.5) is 0 Å². The summed E-state index contributed by atoms with van der Waals surface area (Å²) in [6.45, 7) is 6.52. The predicted octanol–water partition coefficient (Wildman–Crippen LogP) is 2.97. The summed E-state index contributed by atoms with van der Waals surface area (Å²) in [5, 5.41) is 0. The van der Waals surface area contributed by atoms with Gasteiger partial charge in [0.25, 0.3) is 0 Å². The van der Waals surface area contributed by atoms with E-state index < -0.39 is 0 Å². The van der Waals surface area contributed by atoms with Crippen LogP contribution < -0.4 is 0 Å². The van der Waals surface area contributed by atoms with Gasteiger partial charge in [-0.25, -0.2) is 0 Å². The molecule has 10 heavy (non-hydrogen) atoms. The monoisotopic (exact) mass is 142 g/mol. The molecule has 0 bridgehead atoms. The Hall–Kier alpha value is -0.460. The Kier molecular flexibility index (Phi) is 5.09. The molecular formula is C9H18O. The zero-order chi connectivity index (χ0) is 7.98. The number of ether oxygens (including phenoxy) is 1. The largest absolute Gasteiger partial charge is 0.501 e. The van der Waals surface area contributed by atoms with E-state index in [0.29, 0.717) is 5.92 Å². The van der Waals surface area contributed by atoms with E-state index in [9.17, 15) is 0 Å². The average molecular weight is 142 g/mol. The van der Waals surface area contributed by atoms with Crippen molar-refractivity contribution in [3.63, 3.8) is 0 Å². The van der Waals surface area contributed by atoms with Crippen molar-refractivity contribution in [2.24, 2.45) is 5.92 Å². The quantitative estimate of drug-likeness (QED) is 0.548. The highest BCUT2D eigenvalue weighted by molar-refractivity contribution is 4.92. The van der Waals surface area contributed by atoms with E-state index in [-0.39, 0.29) is 0 Å². The third-order valence-electron chi connectivity index (χ3n) is 1.30. The summed E-state index contributed by atoms with van der Waals surface area (Å²) < 4.78 is 5.16. The maximum absolute atomic E-state index is 5.16. The summed E-state index contributed by atoms with van der Waals surface area (Å²) in [6.07, 6.45) is 4.26. The molecule has 0 amide bonds. The zero-order valence-electron chi connectivity index (χ0n) is 7.48. The molecule has 0 saturated carbocycles. The minimum absolute atomic E-state index is 0.692.